The van der Waals surface area contributed by atoms with E-state index < -0.39 is 0 Å². The first-order chi connectivity index (χ1) is 9.13. The molecule has 1 unspecified atom stereocenters. The summed E-state index contributed by atoms with van der Waals surface area (Å²) < 4.78 is 5.27. The van der Waals surface area contributed by atoms with Gasteiger partial charge in [-0.3, -0.25) is 0 Å². The third kappa shape index (κ3) is 4.68. The minimum absolute atomic E-state index is 0.344. The van der Waals surface area contributed by atoms with Crippen LogP contribution in [0.25, 0.3) is 0 Å². The predicted octanol–water partition coefficient (Wildman–Crippen LogP) is 3.31. The number of hydrogen-bond acceptors (Lipinski definition) is 3. The highest BCUT2D eigenvalue weighted by atomic mass is 35.5. The summed E-state index contributed by atoms with van der Waals surface area (Å²) in [6.07, 6.45) is 0. The molecule has 1 aromatic carbocycles. The van der Waals surface area contributed by atoms with Crippen molar-refractivity contribution in [1.29, 1.82) is 0 Å². The van der Waals surface area contributed by atoms with Gasteiger partial charge >= 0.3 is 0 Å². The normalized spacial score (nSPS) is 12.5. The molecule has 1 aromatic rings. The van der Waals surface area contributed by atoms with Crippen molar-refractivity contribution in [3.05, 3.63) is 28.8 Å². The van der Waals surface area contributed by atoms with Gasteiger partial charge in [0.25, 0.3) is 0 Å². The van der Waals surface area contributed by atoms with Crippen LogP contribution in [0.4, 0.5) is 5.69 Å². The lowest BCUT2D eigenvalue weighted by Gasteiger charge is -2.31. The average molecular weight is 285 g/mol. The van der Waals surface area contributed by atoms with E-state index in [4.69, 9.17) is 16.3 Å². The maximum absolute atomic E-state index is 6.11. The first kappa shape index (κ1) is 16.3. The zero-order chi connectivity index (χ0) is 14.3. The fourth-order valence-electron chi connectivity index (χ4n) is 2.29. The Morgan fingerprint density at radius 2 is 2.11 bits per heavy atom. The van der Waals surface area contributed by atoms with E-state index in [9.17, 15) is 0 Å². The molecule has 0 aromatic heterocycles. The summed E-state index contributed by atoms with van der Waals surface area (Å²) >= 11 is 6.11. The highest BCUT2D eigenvalue weighted by Gasteiger charge is 2.16. The van der Waals surface area contributed by atoms with Crippen molar-refractivity contribution in [2.24, 2.45) is 0 Å². The maximum Gasteiger partial charge on any atom is 0.0663 e. The van der Waals surface area contributed by atoms with E-state index in [1.165, 1.54) is 11.3 Å². The van der Waals surface area contributed by atoms with Gasteiger partial charge in [-0.15, -0.1) is 0 Å². The molecule has 0 bridgehead atoms. The molecule has 1 rings (SSSR count). The van der Waals surface area contributed by atoms with Crippen molar-refractivity contribution >= 4 is 17.3 Å². The molecule has 0 radical (unpaired) electrons. The molecule has 4 heteroatoms. The summed E-state index contributed by atoms with van der Waals surface area (Å²) in [4.78, 5) is 2.35. The lowest BCUT2D eigenvalue weighted by molar-refractivity contribution is 0.182. The summed E-state index contributed by atoms with van der Waals surface area (Å²) in [5.41, 5.74) is 2.47. The van der Waals surface area contributed by atoms with Crippen molar-refractivity contribution < 1.29 is 4.74 Å². The predicted molar refractivity (Wildman–Crippen MR) is 83.2 cm³/mol. The van der Waals surface area contributed by atoms with Crippen LogP contribution in [0.5, 0.6) is 0 Å². The zero-order valence-electron chi connectivity index (χ0n) is 12.4. The Hall–Kier alpha value is -0.770. The highest BCUT2D eigenvalue weighted by Crippen LogP contribution is 2.26. The number of benzene rings is 1. The summed E-state index contributed by atoms with van der Waals surface area (Å²) in [5, 5.41) is 4.15. The highest BCUT2D eigenvalue weighted by molar-refractivity contribution is 6.30. The molecule has 0 aliphatic heterocycles. The van der Waals surface area contributed by atoms with Crippen LogP contribution in [-0.4, -0.2) is 32.8 Å². The van der Waals surface area contributed by atoms with Gasteiger partial charge in [-0.25, -0.2) is 0 Å². The van der Waals surface area contributed by atoms with Gasteiger partial charge < -0.3 is 15.0 Å². The summed E-state index contributed by atoms with van der Waals surface area (Å²) in [7, 11) is 1.74. The zero-order valence-corrected chi connectivity index (χ0v) is 13.1. The van der Waals surface area contributed by atoms with Crippen molar-refractivity contribution in [3.8, 4) is 0 Å². The number of nitrogens with zero attached hydrogens (tertiary/aromatic N) is 1. The molecular weight excluding hydrogens is 260 g/mol. The number of rotatable bonds is 8. The van der Waals surface area contributed by atoms with Crippen LogP contribution >= 0.6 is 11.6 Å². The second kappa shape index (κ2) is 8.41. The number of halogens is 1. The van der Waals surface area contributed by atoms with Gasteiger partial charge in [0.1, 0.15) is 0 Å². The molecule has 1 N–H and O–H groups in total. The van der Waals surface area contributed by atoms with Gasteiger partial charge in [0.2, 0.25) is 0 Å². The SMILES string of the molecule is CCNCc1cc(Cl)ccc1N(CC)C(C)COC. The van der Waals surface area contributed by atoms with E-state index >= 15 is 0 Å². The molecule has 1 atom stereocenters. The fourth-order valence-corrected chi connectivity index (χ4v) is 2.48. The van der Waals surface area contributed by atoms with Crippen LogP contribution in [0.2, 0.25) is 5.02 Å². The molecule has 0 saturated carbocycles. The number of nitrogens with one attached hydrogen (secondary N) is 1. The lowest BCUT2D eigenvalue weighted by Crippen LogP contribution is -2.37. The van der Waals surface area contributed by atoms with E-state index in [1.54, 1.807) is 7.11 Å². The van der Waals surface area contributed by atoms with Gasteiger partial charge in [0, 0.05) is 37.0 Å². The minimum Gasteiger partial charge on any atom is -0.383 e. The van der Waals surface area contributed by atoms with E-state index in [0.717, 1.165) is 31.3 Å². The Balaban J connectivity index is 3.00. The topological polar surface area (TPSA) is 24.5 Å². The first-order valence-corrected chi connectivity index (χ1v) is 7.26. The van der Waals surface area contributed by atoms with Gasteiger partial charge in [-0.2, -0.15) is 0 Å². The summed E-state index contributed by atoms with van der Waals surface area (Å²) in [6, 6.07) is 6.44. The van der Waals surface area contributed by atoms with Gasteiger partial charge in [0.05, 0.1) is 6.61 Å². The largest absolute Gasteiger partial charge is 0.383 e. The van der Waals surface area contributed by atoms with E-state index in [1.807, 2.05) is 12.1 Å². The molecule has 0 heterocycles. The number of ether oxygens (including phenoxy) is 1. The molecule has 19 heavy (non-hydrogen) atoms. The smallest absolute Gasteiger partial charge is 0.0663 e. The van der Waals surface area contributed by atoms with Crippen molar-refractivity contribution in [1.82, 2.24) is 5.32 Å². The maximum atomic E-state index is 6.11. The van der Waals surface area contributed by atoms with Crippen molar-refractivity contribution in [2.75, 3.05) is 31.7 Å². The first-order valence-electron chi connectivity index (χ1n) is 6.88. The fraction of sp³-hybridized carbons (Fsp3) is 0.600. The van der Waals surface area contributed by atoms with Gasteiger partial charge in [-0.05, 0) is 44.2 Å². The van der Waals surface area contributed by atoms with Crippen LogP contribution in [0.15, 0.2) is 18.2 Å². The van der Waals surface area contributed by atoms with Gasteiger partial charge in [-0.1, -0.05) is 18.5 Å². The summed E-state index contributed by atoms with van der Waals surface area (Å²) in [6.45, 7) is 9.91. The molecule has 0 amide bonds. The third-order valence-electron chi connectivity index (χ3n) is 3.20. The molecule has 108 valence electrons. The molecule has 0 spiro atoms. The second-order valence-corrected chi connectivity index (χ2v) is 5.08. The van der Waals surface area contributed by atoms with Crippen molar-refractivity contribution in [2.45, 2.75) is 33.4 Å². The Labute approximate surface area is 121 Å². The van der Waals surface area contributed by atoms with E-state index in [2.05, 4.69) is 37.1 Å². The standard InChI is InChI=1S/C15H25ClN2O/c1-5-17-10-13-9-14(16)7-8-15(13)18(6-2)12(3)11-19-4/h7-9,12,17H,5-6,10-11H2,1-4H3. The second-order valence-electron chi connectivity index (χ2n) is 4.64. The summed E-state index contributed by atoms with van der Waals surface area (Å²) in [5.74, 6) is 0. The Bertz CT molecular complexity index is 384. The number of methoxy groups -OCH3 is 1. The van der Waals surface area contributed by atoms with Crippen LogP contribution < -0.4 is 10.2 Å². The number of hydrogen-bond donors (Lipinski definition) is 1. The molecule has 0 saturated heterocycles. The van der Waals surface area contributed by atoms with Crippen LogP contribution in [0.3, 0.4) is 0 Å². The molecule has 0 fully saturated rings. The van der Waals surface area contributed by atoms with E-state index in [0.29, 0.717) is 6.04 Å². The van der Waals surface area contributed by atoms with Crippen LogP contribution in [0, 0.1) is 0 Å². The monoisotopic (exact) mass is 284 g/mol. The number of anilines is 1. The lowest BCUT2D eigenvalue weighted by atomic mass is 10.1. The molecular formula is C15H25ClN2O. The minimum atomic E-state index is 0.344. The molecule has 0 aliphatic carbocycles. The number of likely N-dealkylation sites (N-methyl/N-ethyl adjacent to an activating group) is 1. The van der Waals surface area contributed by atoms with E-state index in [-0.39, 0.29) is 0 Å². The molecule has 0 aliphatic rings. The van der Waals surface area contributed by atoms with Crippen molar-refractivity contribution in [3.63, 3.8) is 0 Å². The average Bonchev–Trinajstić information content (AvgIpc) is 2.39. The molecule has 3 nitrogen and oxygen atoms in total. The van der Waals surface area contributed by atoms with Crippen LogP contribution in [-0.2, 0) is 11.3 Å². The Morgan fingerprint density at radius 3 is 2.68 bits per heavy atom. The third-order valence-corrected chi connectivity index (χ3v) is 3.43. The quantitative estimate of drug-likeness (QED) is 0.793. The van der Waals surface area contributed by atoms with Gasteiger partial charge in [0.15, 0.2) is 0 Å². The Morgan fingerprint density at radius 1 is 1.37 bits per heavy atom. The van der Waals surface area contributed by atoms with Crippen LogP contribution in [0.1, 0.15) is 26.3 Å². The Kier molecular flexibility index (Phi) is 7.21.